The lowest BCUT2D eigenvalue weighted by Gasteiger charge is -2.36. The second kappa shape index (κ2) is 10.8. The second-order valence-corrected chi connectivity index (χ2v) is 6.35. The van der Waals surface area contributed by atoms with Crippen molar-refractivity contribution in [3.05, 3.63) is 0 Å². The number of halogens is 1. The lowest BCUT2D eigenvalue weighted by molar-refractivity contribution is -0.135. The van der Waals surface area contributed by atoms with E-state index in [-0.39, 0.29) is 30.3 Å². The zero-order chi connectivity index (χ0) is 15.8. The number of piperidine rings is 1. The number of nitrogens with one attached hydrogen (secondary N) is 1. The zero-order valence-electron chi connectivity index (χ0n) is 13.8. The molecule has 134 valence electrons. The first kappa shape index (κ1) is 20.2. The molecule has 2 aliphatic rings. The van der Waals surface area contributed by atoms with Crippen molar-refractivity contribution in [2.24, 2.45) is 11.7 Å². The predicted octanol–water partition coefficient (Wildman–Crippen LogP) is 1.07. The molecule has 2 rings (SSSR count). The Hall–Kier alpha value is -0.850. The van der Waals surface area contributed by atoms with Crippen LogP contribution in [0.1, 0.15) is 44.9 Å². The topological polar surface area (TPSA) is 84.7 Å². The molecule has 2 heterocycles. The Labute approximate surface area is 144 Å². The SMILES string of the molecule is Cl.NCCC(=O)NCC1CCCCN1C(=O)CCC1CCOC1. The smallest absolute Gasteiger partial charge is 0.222 e. The summed E-state index contributed by atoms with van der Waals surface area (Å²) in [5.74, 6) is 0.740. The predicted molar refractivity (Wildman–Crippen MR) is 91.4 cm³/mol. The summed E-state index contributed by atoms with van der Waals surface area (Å²) in [7, 11) is 0. The van der Waals surface area contributed by atoms with Crippen molar-refractivity contribution in [3.63, 3.8) is 0 Å². The number of hydrogen-bond donors (Lipinski definition) is 2. The molecule has 2 amide bonds. The van der Waals surface area contributed by atoms with Crippen molar-refractivity contribution in [1.29, 1.82) is 0 Å². The van der Waals surface area contributed by atoms with Crippen molar-refractivity contribution in [2.45, 2.75) is 51.0 Å². The molecular weight excluding hydrogens is 318 g/mol. The van der Waals surface area contributed by atoms with Crippen LogP contribution in [0.4, 0.5) is 0 Å². The van der Waals surface area contributed by atoms with Crippen LogP contribution >= 0.6 is 12.4 Å². The Balaban J connectivity index is 0.00000264. The lowest BCUT2D eigenvalue weighted by atomic mass is 9.98. The van der Waals surface area contributed by atoms with Gasteiger partial charge in [-0.25, -0.2) is 0 Å². The average molecular weight is 348 g/mol. The Morgan fingerprint density at radius 2 is 2.04 bits per heavy atom. The van der Waals surface area contributed by atoms with Crippen molar-refractivity contribution in [3.8, 4) is 0 Å². The number of rotatable bonds is 7. The minimum Gasteiger partial charge on any atom is -0.381 e. The molecular formula is C16H30ClN3O3. The molecule has 0 aliphatic carbocycles. The normalized spacial score (nSPS) is 24.1. The lowest BCUT2D eigenvalue weighted by Crippen LogP contribution is -2.49. The molecule has 0 aromatic carbocycles. The Morgan fingerprint density at radius 3 is 2.74 bits per heavy atom. The van der Waals surface area contributed by atoms with E-state index >= 15 is 0 Å². The van der Waals surface area contributed by atoms with Gasteiger partial charge in [0.25, 0.3) is 0 Å². The van der Waals surface area contributed by atoms with E-state index in [1.165, 1.54) is 0 Å². The van der Waals surface area contributed by atoms with Gasteiger partial charge in [0.15, 0.2) is 0 Å². The Kier molecular flexibility index (Phi) is 9.52. The second-order valence-electron chi connectivity index (χ2n) is 6.35. The van der Waals surface area contributed by atoms with Crippen molar-refractivity contribution in [2.75, 3.05) is 32.8 Å². The van der Waals surface area contributed by atoms with E-state index in [0.29, 0.717) is 31.8 Å². The third-order valence-corrected chi connectivity index (χ3v) is 4.64. The van der Waals surface area contributed by atoms with Gasteiger partial charge in [-0.05, 0) is 38.0 Å². The fourth-order valence-electron chi connectivity index (χ4n) is 3.27. The third-order valence-electron chi connectivity index (χ3n) is 4.64. The zero-order valence-corrected chi connectivity index (χ0v) is 14.6. The van der Waals surface area contributed by atoms with E-state index in [2.05, 4.69) is 5.32 Å². The van der Waals surface area contributed by atoms with Gasteiger partial charge in [0.2, 0.25) is 11.8 Å². The number of carbonyl (C=O) groups is 2. The maximum absolute atomic E-state index is 12.5. The summed E-state index contributed by atoms with van der Waals surface area (Å²) < 4.78 is 5.36. The van der Waals surface area contributed by atoms with Gasteiger partial charge in [0.05, 0.1) is 0 Å². The Bertz CT molecular complexity index is 376. The van der Waals surface area contributed by atoms with Gasteiger partial charge < -0.3 is 20.7 Å². The molecule has 6 nitrogen and oxygen atoms in total. The number of carbonyl (C=O) groups excluding carboxylic acids is 2. The van der Waals surface area contributed by atoms with Crippen LogP contribution in [-0.2, 0) is 14.3 Å². The van der Waals surface area contributed by atoms with Gasteiger partial charge in [-0.1, -0.05) is 0 Å². The highest BCUT2D eigenvalue weighted by Crippen LogP contribution is 2.22. The first-order chi connectivity index (χ1) is 10.7. The third kappa shape index (κ3) is 6.65. The van der Waals surface area contributed by atoms with E-state index in [9.17, 15) is 9.59 Å². The van der Waals surface area contributed by atoms with E-state index in [4.69, 9.17) is 10.5 Å². The summed E-state index contributed by atoms with van der Waals surface area (Å²) in [5.41, 5.74) is 5.38. The van der Waals surface area contributed by atoms with Crippen LogP contribution in [0.2, 0.25) is 0 Å². The molecule has 3 N–H and O–H groups in total. The molecule has 0 spiro atoms. The van der Waals surface area contributed by atoms with E-state index < -0.39 is 0 Å². The van der Waals surface area contributed by atoms with Crippen molar-refractivity contribution >= 4 is 24.2 Å². The number of amides is 2. The highest BCUT2D eigenvalue weighted by Gasteiger charge is 2.27. The van der Waals surface area contributed by atoms with Gasteiger partial charge in [0, 0.05) is 51.7 Å². The van der Waals surface area contributed by atoms with Crippen LogP contribution in [0, 0.1) is 5.92 Å². The summed E-state index contributed by atoms with van der Waals surface area (Å²) in [6, 6.07) is 0.141. The number of likely N-dealkylation sites (tertiary alicyclic amines) is 1. The quantitative estimate of drug-likeness (QED) is 0.721. The molecule has 0 aromatic rings. The van der Waals surface area contributed by atoms with Crippen molar-refractivity contribution < 1.29 is 14.3 Å². The Morgan fingerprint density at radius 1 is 1.22 bits per heavy atom. The number of hydrogen-bond acceptors (Lipinski definition) is 4. The molecule has 0 aromatic heterocycles. The van der Waals surface area contributed by atoms with Crippen LogP contribution in [-0.4, -0.2) is 55.6 Å². The van der Waals surface area contributed by atoms with Crippen molar-refractivity contribution in [1.82, 2.24) is 10.2 Å². The summed E-state index contributed by atoms with van der Waals surface area (Å²) in [5, 5.41) is 2.90. The number of ether oxygens (including phenoxy) is 1. The molecule has 2 aliphatic heterocycles. The maximum atomic E-state index is 12.5. The molecule has 7 heteroatoms. The molecule has 0 saturated carbocycles. The maximum Gasteiger partial charge on any atom is 0.222 e. The van der Waals surface area contributed by atoms with E-state index in [1.807, 2.05) is 4.90 Å². The first-order valence-corrected chi connectivity index (χ1v) is 8.54. The van der Waals surface area contributed by atoms with Gasteiger partial charge in [-0.2, -0.15) is 0 Å². The van der Waals surface area contributed by atoms with E-state index in [1.54, 1.807) is 0 Å². The van der Waals surface area contributed by atoms with Gasteiger partial charge in [-0.3, -0.25) is 9.59 Å². The monoisotopic (exact) mass is 347 g/mol. The first-order valence-electron chi connectivity index (χ1n) is 8.54. The summed E-state index contributed by atoms with van der Waals surface area (Å²) in [4.78, 5) is 26.0. The summed E-state index contributed by atoms with van der Waals surface area (Å²) >= 11 is 0. The molecule has 2 saturated heterocycles. The van der Waals surface area contributed by atoms with Gasteiger partial charge >= 0.3 is 0 Å². The minimum absolute atomic E-state index is 0. The molecule has 2 unspecified atom stereocenters. The fourth-order valence-corrected chi connectivity index (χ4v) is 3.27. The fraction of sp³-hybridized carbons (Fsp3) is 0.875. The molecule has 2 atom stereocenters. The summed E-state index contributed by atoms with van der Waals surface area (Å²) in [6.07, 6.45) is 6.10. The average Bonchev–Trinajstić information content (AvgIpc) is 3.04. The van der Waals surface area contributed by atoms with Crippen LogP contribution in [0.25, 0.3) is 0 Å². The number of nitrogens with zero attached hydrogens (tertiary/aromatic N) is 1. The van der Waals surface area contributed by atoms with Crippen LogP contribution in [0.15, 0.2) is 0 Å². The highest BCUT2D eigenvalue weighted by atomic mass is 35.5. The van der Waals surface area contributed by atoms with Gasteiger partial charge in [-0.15, -0.1) is 12.4 Å². The summed E-state index contributed by atoms with van der Waals surface area (Å²) in [6.45, 7) is 3.36. The van der Waals surface area contributed by atoms with Gasteiger partial charge in [0.1, 0.15) is 0 Å². The number of nitrogens with two attached hydrogens (primary N) is 1. The largest absolute Gasteiger partial charge is 0.381 e. The highest BCUT2D eigenvalue weighted by molar-refractivity contribution is 5.85. The molecule has 0 bridgehead atoms. The minimum atomic E-state index is -0.0245. The molecule has 23 heavy (non-hydrogen) atoms. The van der Waals surface area contributed by atoms with Crippen LogP contribution in [0.3, 0.4) is 0 Å². The molecule has 2 fully saturated rings. The van der Waals surface area contributed by atoms with Crippen LogP contribution in [0.5, 0.6) is 0 Å². The molecule has 0 radical (unpaired) electrons. The standard InChI is InChI=1S/C16H29N3O3.ClH/c17-8-6-15(20)18-11-14-3-1-2-9-19(14)16(21)5-4-13-7-10-22-12-13;/h13-14H,1-12,17H2,(H,18,20);1H. The van der Waals surface area contributed by atoms with E-state index in [0.717, 1.165) is 51.9 Å². The van der Waals surface area contributed by atoms with Crippen LogP contribution < -0.4 is 11.1 Å².